The molecule has 0 aliphatic carbocycles. The normalized spacial score (nSPS) is 10.2. The zero-order valence-corrected chi connectivity index (χ0v) is 11.9. The molecule has 0 bridgehead atoms. The monoisotopic (exact) mass is 309 g/mol. The van der Waals surface area contributed by atoms with Gasteiger partial charge in [-0.3, -0.25) is 4.79 Å². The van der Waals surface area contributed by atoms with E-state index in [4.69, 9.17) is 16.3 Å². The summed E-state index contributed by atoms with van der Waals surface area (Å²) in [6, 6.07) is 8.56. The van der Waals surface area contributed by atoms with Gasteiger partial charge in [0.25, 0.3) is 5.91 Å². The minimum absolute atomic E-state index is 0.00356. The highest BCUT2D eigenvalue weighted by atomic mass is 35.5. The van der Waals surface area contributed by atoms with Gasteiger partial charge in [0.15, 0.2) is 11.5 Å². The van der Waals surface area contributed by atoms with Crippen molar-refractivity contribution in [1.29, 1.82) is 0 Å². The molecule has 0 saturated carbocycles. The van der Waals surface area contributed by atoms with E-state index >= 15 is 0 Å². The third-order valence-corrected chi connectivity index (χ3v) is 3.17. The van der Waals surface area contributed by atoms with Crippen LogP contribution in [-0.4, -0.2) is 18.1 Å². The Hall–Kier alpha value is -2.27. The number of carbonyl (C=O) groups is 1. The molecule has 0 aromatic heterocycles. The van der Waals surface area contributed by atoms with Crippen molar-refractivity contribution >= 4 is 17.5 Å². The molecule has 0 atom stereocenters. The maximum atomic E-state index is 13.0. The fraction of sp³-hybridized carbons (Fsp3) is 0.133. The Morgan fingerprint density at radius 1 is 1.33 bits per heavy atom. The summed E-state index contributed by atoms with van der Waals surface area (Å²) in [7, 11) is 1.42. The Morgan fingerprint density at radius 3 is 2.71 bits per heavy atom. The van der Waals surface area contributed by atoms with Gasteiger partial charge in [0.05, 0.1) is 12.1 Å². The number of halogens is 2. The standard InChI is InChI=1S/C15H13ClFNO3/c1-21-14-5-3-10(7-13(14)19)15(20)18-8-9-2-4-12(17)11(16)6-9/h2-7,19H,8H2,1H3,(H,18,20). The Balaban J connectivity index is 2.04. The van der Waals surface area contributed by atoms with Gasteiger partial charge >= 0.3 is 0 Å². The smallest absolute Gasteiger partial charge is 0.251 e. The molecule has 2 N–H and O–H groups in total. The second-order valence-corrected chi connectivity index (χ2v) is 4.72. The summed E-state index contributed by atoms with van der Waals surface area (Å²) in [6.45, 7) is 0.200. The molecule has 2 aromatic carbocycles. The number of carbonyl (C=O) groups excluding carboxylic acids is 1. The van der Waals surface area contributed by atoms with Gasteiger partial charge in [0.1, 0.15) is 5.82 Å². The molecule has 110 valence electrons. The van der Waals surface area contributed by atoms with Gasteiger partial charge in [0, 0.05) is 12.1 Å². The van der Waals surface area contributed by atoms with Crippen molar-refractivity contribution in [2.24, 2.45) is 0 Å². The van der Waals surface area contributed by atoms with Gasteiger partial charge in [-0.1, -0.05) is 17.7 Å². The lowest BCUT2D eigenvalue weighted by molar-refractivity contribution is 0.0950. The summed E-state index contributed by atoms with van der Waals surface area (Å²) in [5.74, 6) is -0.702. The molecule has 0 spiro atoms. The molecule has 0 saturated heterocycles. The van der Waals surface area contributed by atoms with Crippen molar-refractivity contribution in [3.8, 4) is 11.5 Å². The lowest BCUT2D eigenvalue weighted by atomic mass is 10.1. The molecule has 21 heavy (non-hydrogen) atoms. The Bertz CT molecular complexity index is 676. The van der Waals surface area contributed by atoms with Crippen LogP contribution in [0.5, 0.6) is 11.5 Å². The van der Waals surface area contributed by atoms with Crippen LogP contribution in [0.4, 0.5) is 4.39 Å². The molecule has 4 nitrogen and oxygen atoms in total. The van der Waals surface area contributed by atoms with E-state index in [1.165, 1.54) is 43.5 Å². The molecule has 0 unspecified atom stereocenters. The number of phenolic OH excluding ortho intramolecular Hbond substituents is 1. The molecular weight excluding hydrogens is 297 g/mol. The van der Waals surface area contributed by atoms with Crippen molar-refractivity contribution in [1.82, 2.24) is 5.32 Å². The number of ether oxygens (including phenoxy) is 1. The Labute approximate surface area is 126 Å². The molecule has 2 rings (SSSR count). The van der Waals surface area contributed by atoms with Crippen molar-refractivity contribution in [3.05, 3.63) is 58.4 Å². The van der Waals surface area contributed by atoms with Gasteiger partial charge in [-0.05, 0) is 35.9 Å². The molecule has 0 radical (unpaired) electrons. The number of rotatable bonds is 4. The van der Waals surface area contributed by atoms with Crippen LogP contribution in [-0.2, 0) is 6.54 Å². The van der Waals surface area contributed by atoms with E-state index in [1.54, 1.807) is 0 Å². The van der Waals surface area contributed by atoms with Crippen LogP contribution in [0.3, 0.4) is 0 Å². The molecule has 6 heteroatoms. The van der Waals surface area contributed by atoms with E-state index in [9.17, 15) is 14.3 Å². The van der Waals surface area contributed by atoms with Crippen molar-refractivity contribution in [3.63, 3.8) is 0 Å². The number of benzene rings is 2. The van der Waals surface area contributed by atoms with E-state index in [1.807, 2.05) is 0 Å². The number of amides is 1. The van der Waals surface area contributed by atoms with Crippen LogP contribution in [0.1, 0.15) is 15.9 Å². The fourth-order valence-corrected chi connectivity index (χ4v) is 1.97. The minimum Gasteiger partial charge on any atom is -0.504 e. The summed E-state index contributed by atoms with van der Waals surface area (Å²) in [6.07, 6.45) is 0. The predicted molar refractivity (Wildman–Crippen MR) is 77.2 cm³/mol. The average Bonchev–Trinajstić information content (AvgIpc) is 2.48. The summed E-state index contributed by atoms with van der Waals surface area (Å²) in [5.41, 5.74) is 0.967. The van der Waals surface area contributed by atoms with Gasteiger partial charge in [-0.2, -0.15) is 0 Å². The van der Waals surface area contributed by atoms with Gasteiger partial charge < -0.3 is 15.2 Å². The first-order valence-electron chi connectivity index (χ1n) is 6.10. The van der Waals surface area contributed by atoms with Crippen LogP contribution < -0.4 is 10.1 Å². The highest BCUT2D eigenvalue weighted by molar-refractivity contribution is 6.30. The average molecular weight is 310 g/mol. The van der Waals surface area contributed by atoms with Crippen LogP contribution >= 0.6 is 11.6 Å². The van der Waals surface area contributed by atoms with Crippen LogP contribution in [0.25, 0.3) is 0 Å². The summed E-state index contributed by atoms with van der Waals surface area (Å²) in [4.78, 5) is 12.0. The van der Waals surface area contributed by atoms with E-state index in [2.05, 4.69) is 5.32 Å². The number of aromatic hydroxyl groups is 1. The fourth-order valence-electron chi connectivity index (χ4n) is 1.77. The molecular formula is C15H13ClFNO3. The largest absolute Gasteiger partial charge is 0.504 e. The minimum atomic E-state index is -0.508. The van der Waals surface area contributed by atoms with Gasteiger partial charge in [-0.25, -0.2) is 4.39 Å². The number of phenols is 1. The first-order chi connectivity index (χ1) is 10.0. The summed E-state index contributed by atoms with van der Waals surface area (Å²) >= 11 is 5.67. The van der Waals surface area contributed by atoms with Crippen LogP contribution in [0.2, 0.25) is 5.02 Å². The first kappa shape index (κ1) is 15.1. The molecule has 0 fully saturated rings. The van der Waals surface area contributed by atoms with Crippen molar-refractivity contribution < 1.29 is 19.0 Å². The molecule has 0 aliphatic heterocycles. The molecule has 0 heterocycles. The zero-order chi connectivity index (χ0) is 15.4. The first-order valence-corrected chi connectivity index (χ1v) is 6.48. The topological polar surface area (TPSA) is 58.6 Å². The molecule has 0 aliphatic rings. The van der Waals surface area contributed by atoms with E-state index in [0.29, 0.717) is 11.1 Å². The number of hydrogen-bond acceptors (Lipinski definition) is 3. The highest BCUT2D eigenvalue weighted by Crippen LogP contribution is 2.26. The second-order valence-electron chi connectivity index (χ2n) is 4.32. The van der Waals surface area contributed by atoms with E-state index < -0.39 is 5.82 Å². The van der Waals surface area contributed by atoms with Gasteiger partial charge in [-0.15, -0.1) is 0 Å². The van der Waals surface area contributed by atoms with Crippen LogP contribution in [0, 0.1) is 5.82 Å². The lowest BCUT2D eigenvalue weighted by Gasteiger charge is -2.08. The van der Waals surface area contributed by atoms with Crippen molar-refractivity contribution in [2.45, 2.75) is 6.54 Å². The third kappa shape index (κ3) is 3.64. The summed E-state index contributed by atoms with van der Waals surface area (Å²) in [5, 5.41) is 12.3. The Morgan fingerprint density at radius 2 is 2.10 bits per heavy atom. The van der Waals surface area contributed by atoms with Crippen LogP contribution in [0.15, 0.2) is 36.4 Å². The molecule has 1 amide bonds. The van der Waals surface area contributed by atoms with Gasteiger partial charge in [0.2, 0.25) is 0 Å². The predicted octanol–water partition coefficient (Wildman–Crippen LogP) is 3.12. The quantitative estimate of drug-likeness (QED) is 0.912. The third-order valence-electron chi connectivity index (χ3n) is 2.88. The second kappa shape index (κ2) is 6.45. The SMILES string of the molecule is COc1ccc(C(=O)NCc2ccc(F)c(Cl)c2)cc1O. The maximum Gasteiger partial charge on any atom is 0.251 e. The molecule has 2 aromatic rings. The lowest BCUT2D eigenvalue weighted by Crippen LogP contribution is -2.22. The zero-order valence-electron chi connectivity index (χ0n) is 11.2. The Kier molecular flexibility index (Phi) is 4.65. The highest BCUT2D eigenvalue weighted by Gasteiger charge is 2.10. The number of methoxy groups -OCH3 is 1. The van der Waals surface area contributed by atoms with E-state index in [-0.39, 0.29) is 29.0 Å². The number of nitrogens with one attached hydrogen (secondary N) is 1. The number of hydrogen-bond donors (Lipinski definition) is 2. The van der Waals surface area contributed by atoms with E-state index in [0.717, 1.165) is 0 Å². The van der Waals surface area contributed by atoms with Crippen molar-refractivity contribution in [2.75, 3.05) is 7.11 Å². The summed E-state index contributed by atoms with van der Waals surface area (Å²) < 4.78 is 17.9. The maximum absolute atomic E-state index is 13.0.